The third-order valence-electron chi connectivity index (χ3n) is 2.22. The molecule has 0 aliphatic carbocycles. The second kappa shape index (κ2) is 8.06. The van der Waals surface area contributed by atoms with Crippen LogP contribution in [0.5, 0.6) is 0 Å². The topological polar surface area (TPSA) is 3.24 Å². The minimum absolute atomic E-state index is 1.21. The maximum Gasteiger partial charge on any atom is -0.00190 e. The minimum atomic E-state index is 1.21. The molecule has 11 heavy (non-hydrogen) atoms. The first-order valence-electron chi connectivity index (χ1n) is 5.07. The largest absolute Gasteiger partial charge is 0.304 e. The average molecular weight is 157 g/mol. The predicted octanol–water partition coefficient (Wildman–Crippen LogP) is 2.91. The summed E-state index contributed by atoms with van der Waals surface area (Å²) in [6.45, 7) is 10.5. The summed E-state index contributed by atoms with van der Waals surface area (Å²) in [7, 11) is 0. The molecule has 0 saturated carbocycles. The van der Waals surface area contributed by atoms with Gasteiger partial charge in [-0.2, -0.15) is 0 Å². The van der Waals surface area contributed by atoms with E-state index in [9.17, 15) is 0 Å². The van der Waals surface area contributed by atoms with Crippen LogP contribution in [0.2, 0.25) is 0 Å². The molecule has 68 valence electrons. The number of hydrogen-bond acceptors (Lipinski definition) is 1. The van der Waals surface area contributed by atoms with Crippen molar-refractivity contribution in [3.63, 3.8) is 0 Å². The number of hydrogen-bond donors (Lipinski definition) is 0. The molecule has 0 saturated heterocycles. The molecule has 0 aromatic carbocycles. The Bertz CT molecular complexity index is 67.3. The highest BCUT2D eigenvalue weighted by Gasteiger charge is 1.96. The SMILES string of the molecule is CCCCCCN(CC)CC. The summed E-state index contributed by atoms with van der Waals surface area (Å²) in [4.78, 5) is 2.50. The summed E-state index contributed by atoms with van der Waals surface area (Å²) >= 11 is 0. The molecule has 0 amide bonds. The van der Waals surface area contributed by atoms with Gasteiger partial charge < -0.3 is 4.90 Å². The molecule has 1 nitrogen and oxygen atoms in total. The maximum absolute atomic E-state index is 2.50. The monoisotopic (exact) mass is 157 g/mol. The number of rotatable bonds is 7. The molecule has 0 aliphatic rings. The molecule has 0 aromatic heterocycles. The van der Waals surface area contributed by atoms with Crippen LogP contribution < -0.4 is 0 Å². The van der Waals surface area contributed by atoms with E-state index in [1.807, 2.05) is 0 Å². The van der Waals surface area contributed by atoms with Gasteiger partial charge in [0.1, 0.15) is 0 Å². The number of nitrogens with zero attached hydrogens (tertiary/aromatic N) is 1. The lowest BCUT2D eigenvalue weighted by atomic mass is 10.2. The second-order valence-electron chi connectivity index (χ2n) is 3.09. The van der Waals surface area contributed by atoms with Crippen molar-refractivity contribution in [3.8, 4) is 0 Å². The Morgan fingerprint density at radius 3 is 1.91 bits per heavy atom. The van der Waals surface area contributed by atoms with Gasteiger partial charge in [-0.25, -0.2) is 0 Å². The molecule has 0 rings (SSSR count). The minimum Gasteiger partial charge on any atom is -0.304 e. The van der Waals surface area contributed by atoms with Crippen LogP contribution in [0.25, 0.3) is 0 Å². The maximum atomic E-state index is 2.50. The summed E-state index contributed by atoms with van der Waals surface area (Å²) in [6.07, 6.45) is 5.54. The van der Waals surface area contributed by atoms with Crippen molar-refractivity contribution < 1.29 is 0 Å². The molecule has 0 fully saturated rings. The third kappa shape index (κ3) is 6.36. The normalized spacial score (nSPS) is 10.9. The van der Waals surface area contributed by atoms with Crippen molar-refractivity contribution in [2.24, 2.45) is 0 Å². The van der Waals surface area contributed by atoms with Crippen molar-refractivity contribution in [2.75, 3.05) is 19.6 Å². The molecule has 0 N–H and O–H groups in total. The van der Waals surface area contributed by atoms with E-state index in [0.29, 0.717) is 0 Å². The zero-order valence-electron chi connectivity index (χ0n) is 8.40. The van der Waals surface area contributed by atoms with Crippen molar-refractivity contribution in [3.05, 3.63) is 0 Å². The van der Waals surface area contributed by atoms with Crippen molar-refractivity contribution >= 4 is 0 Å². The molecule has 0 spiro atoms. The Labute approximate surface area is 71.8 Å². The van der Waals surface area contributed by atoms with Gasteiger partial charge in [-0.05, 0) is 26.1 Å². The van der Waals surface area contributed by atoms with E-state index in [4.69, 9.17) is 0 Å². The zero-order valence-corrected chi connectivity index (χ0v) is 8.40. The summed E-state index contributed by atoms with van der Waals surface area (Å²) in [5, 5.41) is 0. The van der Waals surface area contributed by atoms with Crippen molar-refractivity contribution in [1.29, 1.82) is 0 Å². The lowest BCUT2D eigenvalue weighted by Gasteiger charge is -2.17. The van der Waals surface area contributed by atoms with E-state index in [-0.39, 0.29) is 0 Å². The molecule has 1 heteroatoms. The Morgan fingerprint density at radius 1 is 0.818 bits per heavy atom. The highest BCUT2D eigenvalue weighted by molar-refractivity contribution is 4.51. The summed E-state index contributed by atoms with van der Waals surface area (Å²) in [5.41, 5.74) is 0. The van der Waals surface area contributed by atoms with Gasteiger partial charge in [0.15, 0.2) is 0 Å². The zero-order chi connectivity index (χ0) is 8.53. The van der Waals surface area contributed by atoms with Crippen LogP contribution in [0.1, 0.15) is 46.5 Å². The van der Waals surface area contributed by atoms with Gasteiger partial charge in [-0.3, -0.25) is 0 Å². The van der Waals surface area contributed by atoms with Crippen LogP contribution in [-0.2, 0) is 0 Å². The molecular weight excluding hydrogens is 134 g/mol. The van der Waals surface area contributed by atoms with Crippen LogP contribution in [-0.4, -0.2) is 24.5 Å². The van der Waals surface area contributed by atoms with Gasteiger partial charge >= 0.3 is 0 Å². The van der Waals surface area contributed by atoms with E-state index >= 15 is 0 Å². The lowest BCUT2D eigenvalue weighted by molar-refractivity contribution is 0.295. The first kappa shape index (κ1) is 11.0. The Kier molecular flexibility index (Phi) is 8.03. The van der Waals surface area contributed by atoms with Crippen LogP contribution in [0.15, 0.2) is 0 Å². The fourth-order valence-electron chi connectivity index (χ4n) is 1.30. The Balaban J connectivity index is 3.07. The third-order valence-corrected chi connectivity index (χ3v) is 2.22. The average Bonchev–Trinajstić information content (AvgIpc) is 2.05. The van der Waals surface area contributed by atoms with Gasteiger partial charge in [0.2, 0.25) is 0 Å². The Hall–Kier alpha value is -0.0400. The van der Waals surface area contributed by atoms with E-state index in [1.54, 1.807) is 0 Å². The van der Waals surface area contributed by atoms with Gasteiger partial charge in [0.25, 0.3) is 0 Å². The van der Waals surface area contributed by atoms with Crippen molar-refractivity contribution in [2.45, 2.75) is 46.5 Å². The van der Waals surface area contributed by atoms with Gasteiger partial charge in [0.05, 0.1) is 0 Å². The van der Waals surface area contributed by atoms with Gasteiger partial charge in [-0.15, -0.1) is 0 Å². The quantitative estimate of drug-likeness (QED) is 0.514. The first-order chi connectivity index (χ1) is 5.35. The van der Waals surface area contributed by atoms with Crippen LogP contribution >= 0.6 is 0 Å². The first-order valence-corrected chi connectivity index (χ1v) is 5.07. The molecule has 0 unspecified atom stereocenters. The highest BCUT2D eigenvalue weighted by Crippen LogP contribution is 2.00. The van der Waals surface area contributed by atoms with Gasteiger partial charge in [0, 0.05) is 0 Å². The van der Waals surface area contributed by atoms with E-state index < -0.39 is 0 Å². The molecular formula is C10H23N. The summed E-state index contributed by atoms with van der Waals surface area (Å²) in [6, 6.07) is 0. The Morgan fingerprint density at radius 2 is 1.45 bits per heavy atom. The number of unbranched alkanes of at least 4 members (excludes halogenated alkanes) is 3. The summed E-state index contributed by atoms with van der Waals surface area (Å²) < 4.78 is 0. The standard InChI is InChI=1S/C10H23N/c1-4-7-8-9-10-11(5-2)6-3/h4-10H2,1-3H3. The highest BCUT2D eigenvalue weighted by atomic mass is 15.1. The second-order valence-corrected chi connectivity index (χ2v) is 3.09. The summed E-state index contributed by atoms with van der Waals surface area (Å²) in [5.74, 6) is 0. The van der Waals surface area contributed by atoms with Crippen LogP contribution in [0, 0.1) is 0 Å². The molecule has 0 atom stereocenters. The molecule has 0 aromatic rings. The predicted molar refractivity (Wildman–Crippen MR) is 51.9 cm³/mol. The fraction of sp³-hybridized carbons (Fsp3) is 1.00. The van der Waals surface area contributed by atoms with Crippen LogP contribution in [0.3, 0.4) is 0 Å². The van der Waals surface area contributed by atoms with Gasteiger partial charge in [-0.1, -0.05) is 40.0 Å². The lowest BCUT2D eigenvalue weighted by Crippen LogP contribution is -2.23. The molecule has 0 heterocycles. The molecule has 0 bridgehead atoms. The smallest absolute Gasteiger partial charge is 0.00190 e. The van der Waals surface area contributed by atoms with E-state index in [2.05, 4.69) is 25.7 Å². The van der Waals surface area contributed by atoms with E-state index in [0.717, 1.165) is 0 Å². The van der Waals surface area contributed by atoms with E-state index in [1.165, 1.54) is 45.3 Å². The van der Waals surface area contributed by atoms with Crippen LogP contribution in [0.4, 0.5) is 0 Å². The fourth-order valence-corrected chi connectivity index (χ4v) is 1.30. The molecule has 0 radical (unpaired) electrons. The van der Waals surface area contributed by atoms with Crippen molar-refractivity contribution in [1.82, 2.24) is 4.90 Å². The molecule has 0 aliphatic heterocycles.